The number of phenolic OH excluding ortho intramolecular Hbond substituents is 1. The van der Waals surface area contributed by atoms with E-state index in [1.54, 1.807) is 18.3 Å². The SMILES string of the molecule is O=CCn1cc(Oc2ccc(O)cc2)cn1. The predicted molar refractivity (Wildman–Crippen MR) is 56.5 cm³/mol. The normalized spacial score (nSPS) is 10.0. The van der Waals surface area contributed by atoms with Gasteiger partial charge in [0.25, 0.3) is 0 Å². The van der Waals surface area contributed by atoms with Gasteiger partial charge in [0, 0.05) is 0 Å². The molecule has 0 spiro atoms. The fourth-order valence-electron chi connectivity index (χ4n) is 1.22. The Morgan fingerprint density at radius 3 is 2.75 bits per heavy atom. The third-order valence-corrected chi connectivity index (χ3v) is 1.94. The highest BCUT2D eigenvalue weighted by atomic mass is 16.5. The van der Waals surface area contributed by atoms with E-state index in [4.69, 9.17) is 9.84 Å². The molecule has 1 aromatic heterocycles. The number of carbonyl (C=O) groups is 1. The summed E-state index contributed by atoms with van der Waals surface area (Å²) in [6.07, 6.45) is 3.91. The first-order valence-corrected chi connectivity index (χ1v) is 4.71. The molecular formula is C11H10N2O3. The van der Waals surface area contributed by atoms with Crippen LogP contribution in [0.25, 0.3) is 0 Å². The Morgan fingerprint density at radius 2 is 2.06 bits per heavy atom. The van der Waals surface area contributed by atoms with Gasteiger partial charge in [-0.2, -0.15) is 5.10 Å². The second kappa shape index (κ2) is 4.48. The van der Waals surface area contributed by atoms with Crippen LogP contribution in [0.1, 0.15) is 0 Å². The van der Waals surface area contributed by atoms with Crippen LogP contribution in [0.3, 0.4) is 0 Å². The summed E-state index contributed by atoms with van der Waals surface area (Å²) in [5.74, 6) is 1.33. The molecule has 2 rings (SSSR count). The molecule has 1 N–H and O–H groups in total. The predicted octanol–water partition coefficient (Wildman–Crippen LogP) is 1.58. The number of hydrogen-bond acceptors (Lipinski definition) is 4. The Kier molecular flexibility index (Phi) is 2.86. The van der Waals surface area contributed by atoms with E-state index in [0.29, 0.717) is 11.5 Å². The molecule has 5 nitrogen and oxygen atoms in total. The molecule has 0 aliphatic carbocycles. The van der Waals surface area contributed by atoms with Crippen molar-refractivity contribution in [3.05, 3.63) is 36.7 Å². The smallest absolute Gasteiger partial charge is 0.165 e. The molecule has 1 aromatic carbocycles. The average Bonchev–Trinajstić information content (AvgIpc) is 2.70. The number of nitrogens with zero attached hydrogens (tertiary/aromatic N) is 2. The molecule has 0 saturated carbocycles. The highest BCUT2D eigenvalue weighted by Crippen LogP contribution is 2.22. The van der Waals surface area contributed by atoms with E-state index in [1.807, 2.05) is 0 Å². The Labute approximate surface area is 91.9 Å². The number of phenols is 1. The summed E-state index contributed by atoms with van der Waals surface area (Å²) < 4.78 is 6.92. The molecule has 0 atom stereocenters. The molecule has 0 amide bonds. The van der Waals surface area contributed by atoms with Crippen LogP contribution in [0.5, 0.6) is 17.2 Å². The van der Waals surface area contributed by atoms with Crippen LogP contribution < -0.4 is 4.74 Å². The second-order valence-corrected chi connectivity index (χ2v) is 3.16. The molecule has 0 unspecified atom stereocenters. The summed E-state index contributed by atoms with van der Waals surface area (Å²) in [6.45, 7) is 0.207. The van der Waals surface area contributed by atoms with Crippen LogP contribution >= 0.6 is 0 Å². The molecule has 2 aromatic rings. The maximum absolute atomic E-state index is 10.2. The number of ether oxygens (including phenoxy) is 1. The third-order valence-electron chi connectivity index (χ3n) is 1.94. The molecule has 0 fully saturated rings. The van der Waals surface area contributed by atoms with Gasteiger partial charge in [-0.3, -0.25) is 4.68 Å². The summed E-state index contributed by atoms with van der Waals surface area (Å²) in [4.78, 5) is 10.2. The lowest BCUT2D eigenvalue weighted by Crippen LogP contribution is -1.97. The molecule has 0 radical (unpaired) electrons. The molecule has 82 valence electrons. The highest BCUT2D eigenvalue weighted by molar-refractivity contribution is 5.49. The monoisotopic (exact) mass is 218 g/mol. The van der Waals surface area contributed by atoms with Crippen LogP contribution in [0.2, 0.25) is 0 Å². The third kappa shape index (κ3) is 2.38. The van der Waals surface area contributed by atoms with E-state index in [1.165, 1.54) is 23.0 Å². The summed E-state index contributed by atoms with van der Waals surface area (Å²) >= 11 is 0. The first-order chi connectivity index (χ1) is 7.78. The van der Waals surface area contributed by atoms with Crippen LogP contribution in [-0.2, 0) is 11.3 Å². The minimum Gasteiger partial charge on any atom is -0.508 e. The molecule has 0 bridgehead atoms. The molecule has 5 heteroatoms. The first-order valence-electron chi connectivity index (χ1n) is 4.71. The van der Waals surface area contributed by atoms with E-state index in [-0.39, 0.29) is 12.3 Å². The van der Waals surface area contributed by atoms with Gasteiger partial charge in [-0.05, 0) is 24.3 Å². The van der Waals surface area contributed by atoms with Crippen LogP contribution in [0, 0.1) is 0 Å². The van der Waals surface area contributed by atoms with Gasteiger partial charge in [-0.15, -0.1) is 0 Å². The van der Waals surface area contributed by atoms with Gasteiger partial charge in [0.2, 0.25) is 0 Å². The fourth-order valence-corrected chi connectivity index (χ4v) is 1.22. The van der Waals surface area contributed by atoms with Gasteiger partial charge < -0.3 is 14.6 Å². The van der Waals surface area contributed by atoms with Gasteiger partial charge in [0.1, 0.15) is 17.8 Å². The maximum Gasteiger partial charge on any atom is 0.165 e. The van der Waals surface area contributed by atoms with Gasteiger partial charge in [0.05, 0.1) is 18.9 Å². The Bertz CT molecular complexity index is 476. The van der Waals surface area contributed by atoms with E-state index in [2.05, 4.69) is 5.10 Å². The molecule has 0 aliphatic rings. The number of benzene rings is 1. The van der Waals surface area contributed by atoms with Crippen molar-refractivity contribution in [3.8, 4) is 17.2 Å². The fraction of sp³-hybridized carbons (Fsp3) is 0.0909. The van der Waals surface area contributed by atoms with E-state index in [0.717, 1.165) is 6.29 Å². The van der Waals surface area contributed by atoms with Crippen molar-refractivity contribution in [1.82, 2.24) is 9.78 Å². The molecule has 0 aliphatic heterocycles. The van der Waals surface area contributed by atoms with Crippen molar-refractivity contribution < 1.29 is 14.6 Å². The Morgan fingerprint density at radius 1 is 1.31 bits per heavy atom. The lowest BCUT2D eigenvalue weighted by molar-refractivity contribution is -0.108. The largest absolute Gasteiger partial charge is 0.508 e. The second-order valence-electron chi connectivity index (χ2n) is 3.16. The average molecular weight is 218 g/mol. The van der Waals surface area contributed by atoms with E-state index < -0.39 is 0 Å². The summed E-state index contributed by atoms with van der Waals surface area (Å²) in [5, 5.41) is 13.0. The van der Waals surface area contributed by atoms with Gasteiger partial charge in [-0.25, -0.2) is 0 Å². The zero-order valence-corrected chi connectivity index (χ0v) is 8.41. The highest BCUT2D eigenvalue weighted by Gasteiger charge is 2.00. The number of aldehydes is 1. The summed E-state index contributed by atoms with van der Waals surface area (Å²) in [7, 11) is 0. The van der Waals surface area contributed by atoms with Crippen molar-refractivity contribution in [3.63, 3.8) is 0 Å². The van der Waals surface area contributed by atoms with Crippen molar-refractivity contribution >= 4 is 6.29 Å². The van der Waals surface area contributed by atoms with E-state index >= 15 is 0 Å². The number of hydrogen-bond donors (Lipinski definition) is 1. The van der Waals surface area contributed by atoms with Crippen LogP contribution in [-0.4, -0.2) is 21.2 Å². The topological polar surface area (TPSA) is 64.3 Å². The van der Waals surface area contributed by atoms with Gasteiger partial charge in [-0.1, -0.05) is 0 Å². The molecule has 1 heterocycles. The minimum atomic E-state index is 0.184. The lowest BCUT2D eigenvalue weighted by Gasteiger charge is -2.01. The van der Waals surface area contributed by atoms with Gasteiger partial charge in [0.15, 0.2) is 5.75 Å². The van der Waals surface area contributed by atoms with Crippen molar-refractivity contribution in [2.24, 2.45) is 0 Å². The Hall–Kier alpha value is -2.30. The molecular weight excluding hydrogens is 208 g/mol. The van der Waals surface area contributed by atoms with E-state index in [9.17, 15) is 4.79 Å². The summed E-state index contributed by atoms with van der Waals surface area (Å²) in [6, 6.07) is 6.36. The molecule has 0 saturated heterocycles. The zero-order valence-electron chi connectivity index (χ0n) is 8.41. The standard InChI is InChI=1S/C11H10N2O3/c14-6-5-13-8-11(7-12-13)16-10-3-1-9(15)2-4-10/h1-4,6-8,15H,5H2. The van der Waals surface area contributed by atoms with Crippen molar-refractivity contribution in [2.45, 2.75) is 6.54 Å². The quantitative estimate of drug-likeness (QED) is 0.791. The Balaban J connectivity index is 2.08. The van der Waals surface area contributed by atoms with Crippen molar-refractivity contribution in [2.75, 3.05) is 0 Å². The number of rotatable bonds is 4. The van der Waals surface area contributed by atoms with Crippen molar-refractivity contribution in [1.29, 1.82) is 0 Å². The number of carbonyl (C=O) groups excluding carboxylic acids is 1. The lowest BCUT2D eigenvalue weighted by atomic mass is 10.3. The summed E-state index contributed by atoms with van der Waals surface area (Å²) in [5.41, 5.74) is 0. The number of aromatic hydroxyl groups is 1. The van der Waals surface area contributed by atoms with Gasteiger partial charge >= 0.3 is 0 Å². The first kappa shape index (κ1) is 10.2. The molecule has 16 heavy (non-hydrogen) atoms. The minimum absolute atomic E-state index is 0.184. The number of aromatic nitrogens is 2. The van der Waals surface area contributed by atoms with Crippen LogP contribution in [0.15, 0.2) is 36.7 Å². The zero-order chi connectivity index (χ0) is 11.4. The van der Waals surface area contributed by atoms with Crippen LogP contribution in [0.4, 0.5) is 0 Å². The maximum atomic E-state index is 10.2.